The molecule has 1 rings (SSSR count). The standard InChI is InChI=1S/C9H10O3S.Li/c1-8(2)12-13(10,11)9-6-4-3-5-7-9;/h3-7H,1H2,2H3;. The summed E-state index contributed by atoms with van der Waals surface area (Å²) in [6, 6.07) is 7.94. The molecule has 0 heterocycles. The van der Waals surface area contributed by atoms with Crippen molar-refractivity contribution in [1.82, 2.24) is 0 Å². The van der Waals surface area contributed by atoms with Gasteiger partial charge in [0.15, 0.2) is 0 Å². The first-order valence-electron chi connectivity index (χ1n) is 3.67. The van der Waals surface area contributed by atoms with Crippen LogP contribution >= 0.6 is 0 Å². The van der Waals surface area contributed by atoms with E-state index in [0.29, 0.717) is 0 Å². The van der Waals surface area contributed by atoms with Gasteiger partial charge in [-0.05, 0) is 19.1 Å². The number of benzene rings is 1. The number of hydrogen-bond donors (Lipinski definition) is 0. The first-order valence-corrected chi connectivity index (χ1v) is 5.08. The minimum Gasteiger partial charge on any atom is -0.384 e. The molecule has 0 saturated carbocycles. The van der Waals surface area contributed by atoms with Gasteiger partial charge in [-0.3, -0.25) is 0 Å². The van der Waals surface area contributed by atoms with E-state index in [1.165, 1.54) is 19.1 Å². The summed E-state index contributed by atoms with van der Waals surface area (Å²) in [7, 11) is -3.66. The van der Waals surface area contributed by atoms with Crippen LogP contribution in [0.2, 0.25) is 0 Å². The normalized spacial score (nSPS) is 10.1. The zero-order chi connectivity index (χ0) is 9.90. The molecular weight excluding hydrogens is 195 g/mol. The average Bonchev–Trinajstić information content (AvgIpc) is 2.04. The number of hydrogen-bond acceptors (Lipinski definition) is 3. The van der Waals surface area contributed by atoms with Crippen LogP contribution in [0.3, 0.4) is 0 Å². The zero-order valence-corrected chi connectivity index (χ0v) is 9.04. The Balaban J connectivity index is 0.00000169. The molecule has 1 aromatic rings. The fourth-order valence-corrected chi connectivity index (χ4v) is 1.78. The van der Waals surface area contributed by atoms with Gasteiger partial charge < -0.3 is 4.18 Å². The van der Waals surface area contributed by atoms with Crippen molar-refractivity contribution in [2.45, 2.75) is 11.8 Å². The molecule has 0 saturated heterocycles. The van der Waals surface area contributed by atoms with Gasteiger partial charge in [0.2, 0.25) is 0 Å². The topological polar surface area (TPSA) is 43.4 Å². The molecule has 0 aliphatic carbocycles. The summed E-state index contributed by atoms with van der Waals surface area (Å²) in [5.74, 6) is 0.156. The fourth-order valence-electron chi connectivity index (χ4n) is 0.823. The Morgan fingerprint density at radius 1 is 1.29 bits per heavy atom. The van der Waals surface area contributed by atoms with E-state index in [0.717, 1.165) is 0 Å². The van der Waals surface area contributed by atoms with Gasteiger partial charge in [0.1, 0.15) is 10.7 Å². The smallest absolute Gasteiger partial charge is 0.338 e. The van der Waals surface area contributed by atoms with Crippen LogP contribution in [0.25, 0.3) is 0 Å². The second kappa shape index (κ2) is 5.25. The van der Waals surface area contributed by atoms with Gasteiger partial charge in [0.05, 0.1) is 0 Å². The molecule has 5 heteroatoms. The summed E-state index contributed by atoms with van der Waals surface area (Å²) in [5.41, 5.74) is 0. The monoisotopic (exact) mass is 205 g/mol. The second-order valence-corrected chi connectivity index (χ2v) is 4.10. The SMILES string of the molecule is C=C(C)OS(=O)(=O)c1ccccc1.[Li]. The third-order valence-corrected chi connectivity index (χ3v) is 2.64. The van der Waals surface area contributed by atoms with E-state index in [2.05, 4.69) is 10.8 Å². The molecule has 0 bridgehead atoms. The number of rotatable bonds is 3. The van der Waals surface area contributed by atoms with Gasteiger partial charge in [-0.1, -0.05) is 24.8 Å². The maximum absolute atomic E-state index is 11.4. The third-order valence-electron chi connectivity index (χ3n) is 1.28. The minimum absolute atomic E-state index is 0. The molecule has 0 N–H and O–H groups in total. The second-order valence-electron chi connectivity index (χ2n) is 2.55. The van der Waals surface area contributed by atoms with Crippen LogP contribution in [0.5, 0.6) is 0 Å². The Morgan fingerprint density at radius 2 is 1.79 bits per heavy atom. The van der Waals surface area contributed by atoms with Crippen molar-refractivity contribution in [3.05, 3.63) is 42.7 Å². The van der Waals surface area contributed by atoms with E-state index >= 15 is 0 Å². The first-order chi connectivity index (χ1) is 6.02. The molecule has 0 aliphatic rings. The largest absolute Gasteiger partial charge is 0.384 e. The van der Waals surface area contributed by atoms with Crippen LogP contribution in [0.1, 0.15) is 6.92 Å². The van der Waals surface area contributed by atoms with Crippen molar-refractivity contribution in [3.8, 4) is 0 Å². The van der Waals surface area contributed by atoms with Crippen molar-refractivity contribution in [2.24, 2.45) is 0 Å². The predicted molar refractivity (Wildman–Crippen MR) is 55.3 cm³/mol. The molecule has 0 atom stereocenters. The van der Waals surface area contributed by atoms with E-state index in [9.17, 15) is 8.42 Å². The molecule has 14 heavy (non-hydrogen) atoms. The van der Waals surface area contributed by atoms with Crippen molar-refractivity contribution < 1.29 is 12.6 Å². The zero-order valence-electron chi connectivity index (χ0n) is 8.23. The molecule has 3 nitrogen and oxygen atoms in total. The summed E-state index contributed by atoms with van der Waals surface area (Å²) >= 11 is 0. The van der Waals surface area contributed by atoms with E-state index in [-0.39, 0.29) is 29.5 Å². The Hall–Kier alpha value is -0.693. The molecule has 0 aliphatic heterocycles. The van der Waals surface area contributed by atoms with Crippen LogP contribution in [0, 0.1) is 0 Å². The molecule has 0 aromatic heterocycles. The molecule has 0 amide bonds. The summed E-state index contributed by atoms with van der Waals surface area (Å²) in [6.45, 7) is 4.85. The van der Waals surface area contributed by atoms with E-state index in [1.807, 2.05) is 0 Å². The van der Waals surface area contributed by atoms with Gasteiger partial charge in [-0.2, -0.15) is 8.42 Å². The van der Waals surface area contributed by atoms with Crippen molar-refractivity contribution in [2.75, 3.05) is 0 Å². The van der Waals surface area contributed by atoms with Gasteiger partial charge in [0.25, 0.3) is 0 Å². The average molecular weight is 205 g/mol. The Kier molecular flexibility index (Phi) is 4.99. The summed E-state index contributed by atoms with van der Waals surface area (Å²) in [5, 5.41) is 0. The Morgan fingerprint density at radius 3 is 2.21 bits per heavy atom. The van der Waals surface area contributed by atoms with Gasteiger partial charge in [0, 0.05) is 18.9 Å². The van der Waals surface area contributed by atoms with E-state index in [1.54, 1.807) is 18.2 Å². The molecule has 0 spiro atoms. The quantitative estimate of drug-likeness (QED) is 0.427. The summed E-state index contributed by atoms with van der Waals surface area (Å²) < 4.78 is 27.3. The van der Waals surface area contributed by atoms with Gasteiger partial charge >= 0.3 is 10.1 Å². The third kappa shape index (κ3) is 3.58. The maximum atomic E-state index is 11.4. The van der Waals surface area contributed by atoms with Crippen LogP contribution in [0.15, 0.2) is 47.6 Å². The predicted octanol–water partition coefficient (Wildman–Crippen LogP) is 1.54. The summed E-state index contributed by atoms with van der Waals surface area (Å²) in [6.07, 6.45) is 0. The summed E-state index contributed by atoms with van der Waals surface area (Å²) in [4.78, 5) is 0.137. The van der Waals surface area contributed by atoms with Crippen LogP contribution in [0.4, 0.5) is 0 Å². The molecular formula is C9H10LiO3S. The number of allylic oxidation sites excluding steroid dienone is 1. The first kappa shape index (κ1) is 13.3. The van der Waals surface area contributed by atoms with Crippen LogP contribution in [-0.4, -0.2) is 27.3 Å². The van der Waals surface area contributed by atoms with Gasteiger partial charge in [-0.25, -0.2) is 0 Å². The maximum Gasteiger partial charge on any atom is 0.338 e. The van der Waals surface area contributed by atoms with Crippen molar-refractivity contribution in [3.63, 3.8) is 0 Å². The molecule has 0 unspecified atom stereocenters. The molecule has 1 radical (unpaired) electrons. The minimum atomic E-state index is -3.66. The van der Waals surface area contributed by atoms with Crippen molar-refractivity contribution in [1.29, 1.82) is 0 Å². The van der Waals surface area contributed by atoms with Gasteiger partial charge in [-0.15, -0.1) is 0 Å². The van der Waals surface area contributed by atoms with E-state index in [4.69, 9.17) is 0 Å². The van der Waals surface area contributed by atoms with Crippen molar-refractivity contribution >= 4 is 29.0 Å². The van der Waals surface area contributed by atoms with Crippen LogP contribution in [-0.2, 0) is 14.3 Å². The fraction of sp³-hybridized carbons (Fsp3) is 0.111. The Labute approximate surface area is 96.1 Å². The molecule has 1 aromatic carbocycles. The molecule has 0 fully saturated rings. The molecule has 71 valence electrons. The Bertz CT molecular complexity index is 397. The van der Waals surface area contributed by atoms with E-state index < -0.39 is 10.1 Å². The van der Waals surface area contributed by atoms with Crippen LogP contribution < -0.4 is 0 Å².